The lowest BCUT2D eigenvalue weighted by Crippen LogP contribution is -2.47. The number of benzene rings is 1. The Morgan fingerprint density at radius 2 is 2.04 bits per heavy atom. The molecule has 6 heteroatoms. The molecule has 3 saturated heterocycles. The van der Waals surface area contributed by atoms with Crippen LogP contribution in [-0.2, 0) is 17.9 Å². The van der Waals surface area contributed by atoms with Crippen molar-refractivity contribution in [3.05, 3.63) is 52.0 Å². The van der Waals surface area contributed by atoms with Gasteiger partial charge in [-0.15, -0.1) is 11.3 Å². The SMILES string of the molecule is N#Cc1ccc(CN2C[C@@H]3CC[C@H](C2)N(Cc2cscn2)C3=O)cc1. The zero-order valence-corrected chi connectivity index (χ0v) is 14.8. The first-order valence-electron chi connectivity index (χ1n) is 8.62. The van der Waals surface area contributed by atoms with E-state index in [9.17, 15) is 4.79 Å². The molecule has 1 amide bonds. The van der Waals surface area contributed by atoms with E-state index in [-0.39, 0.29) is 17.9 Å². The van der Waals surface area contributed by atoms with Crippen LogP contribution in [0.2, 0.25) is 0 Å². The number of carbonyl (C=O) groups is 1. The second-order valence-electron chi connectivity index (χ2n) is 6.88. The van der Waals surface area contributed by atoms with E-state index in [1.54, 1.807) is 11.3 Å². The molecule has 3 fully saturated rings. The van der Waals surface area contributed by atoms with Crippen molar-refractivity contribution < 1.29 is 4.79 Å². The lowest BCUT2D eigenvalue weighted by molar-refractivity contribution is -0.140. The first kappa shape index (κ1) is 16.2. The molecule has 128 valence electrons. The number of carbonyl (C=O) groups excluding carboxylic acids is 1. The molecule has 2 bridgehead atoms. The number of piperidine rings is 1. The van der Waals surface area contributed by atoms with Crippen LogP contribution in [0.1, 0.15) is 29.7 Å². The van der Waals surface area contributed by atoms with Crippen LogP contribution in [0, 0.1) is 17.2 Å². The summed E-state index contributed by atoms with van der Waals surface area (Å²) in [6, 6.07) is 10.2. The average molecular weight is 352 g/mol. The van der Waals surface area contributed by atoms with Gasteiger partial charge in [0.2, 0.25) is 5.91 Å². The largest absolute Gasteiger partial charge is 0.332 e. The molecule has 5 nitrogen and oxygen atoms in total. The number of fused-ring (bicyclic) bond motifs is 4. The molecule has 2 atom stereocenters. The molecular formula is C19H20N4OS. The summed E-state index contributed by atoms with van der Waals surface area (Å²) < 4.78 is 0. The second kappa shape index (κ2) is 6.95. The molecule has 0 saturated carbocycles. The Kier molecular flexibility index (Phi) is 4.51. The number of amides is 1. The van der Waals surface area contributed by atoms with Crippen molar-refractivity contribution >= 4 is 17.2 Å². The van der Waals surface area contributed by atoms with Crippen LogP contribution in [0.3, 0.4) is 0 Å². The Hall–Kier alpha value is -2.23. The van der Waals surface area contributed by atoms with Crippen LogP contribution in [0.25, 0.3) is 0 Å². The summed E-state index contributed by atoms with van der Waals surface area (Å²) in [7, 11) is 0. The van der Waals surface area contributed by atoms with Gasteiger partial charge in [0.15, 0.2) is 0 Å². The first-order valence-corrected chi connectivity index (χ1v) is 9.56. The van der Waals surface area contributed by atoms with Crippen molar-refractivity contribution in [2.45, 2.75) is 32.0 Å². The lowest BCUT2D eigenvalue weighted by atomic mass is 9.94. The van der Waals surface area contributed by atoms with Crippen LogP contribution < -0.4 is 0 Å². The monoisotopic (exact) mass is 352 g/mol. The van der Waals surface area contributed by atoms with Crippen molar-refractivity contribution in [2.24, 2.45) is 5.92 Å². The molecule has 3 aliphatic rings. The maximum absolute atomic E-state index is 12.9. The predicted molar refractivity (Wildman–Crippen MR) is 95.6 cm³/mol. The molecule has 0 spiro atoms. The summed E-state index contributed by atoms with van der Waals surface area (Å²) in [6.07, 6.45) is 2.06. The second-order valence-corrected chi connectivity index (χ2v) is 7.60. The van der Waals surface area contributed by atoms with E-state index in [4.69, 9.17) is 5.26 Å². The van der Waals surface area contributed by atoms with Gasteiger partial charge in [-0.3, -0.25) is 9.69 Å². The van der Waals surface area contributed by atoms with Gasteiger partial charge in [0.05, 0.1) is 35.3 Å². The van der Waals surface area contributed by atoms with E-state index >= 15 is 0 Å². The zero-order chi connectivity index (χ0) is 17.2. The molecule has 1 aromatic carbocycles. The summed E-state index contributed by atoms with van der Waals surface area (Å²) in [5.74, 6) is 0.377. The van der Waals surface area contributed by atoms with Gasteiger partial charge in [-0.2, -0.15) is 5.26 Å². The van der Waals surface area contributed by atoms with Crippen LogP contribution in [0.5, 0.6) is 0 Å². The van der Waals surface area contributed by atoms with Crippen LogP contribution in [0.15, 0.2) is 35.2 Å². The summed E-state index contributed by atoms with van der Waals surface area (Å²) in [5, 5.41) is 10.9. The third kappa shape index (κ3) is 3.44. The smallest absolute Gasteiger partial charge is 0.227 e. The molecule has 1 aromatic heterocycles. The fourth-order valence-electron chi connectivity index (χ4n) is 3.90. The minimum Gasteiger partial charge on any atom is -0.332 e. The highest BCUT2D eigenvalue weighted by Gasteiger charge is 2.40. The molecule has 0 N–H and O–H groups in total. The molecule has 4 heterocycles. The van der Waals surface area contributed by atoms with Crippen molar-refractivity contribution in [2.75, 3.05) is 13.1 Å². The highest BCUT2D eigenvalue weighted by molar-refractivity contribution is 7.07. The molecule has 0 aliphatic carbocycles. The van der Waals surface area contributed by atoms with E-state index in [0.29, 0.717) is 12.1 Å². The number of hydrogen-bond donors (Lipinski definition) is 0. The number of nitriles is 1. The topological polar surface area (TPSA) is 60.2 Å². The first-order chi connectivity index (χ1) is 12.2. The summed E-state index contributed by atoms with van der Waals surface area (Å²) in [6.45, 7) is 3.19. The molecule has 2 aromatic rings. The molecular weight excluding hydrogens is 332 g/mol. The average Bonchev–Trinajstić information content (AvgIpc) is 3.01. The number of aromatic nitrogens is 1. The summed E-state index contributed by atoms with van der Waals surface area (Å²) in [5.41, 5.74) is 4.69. The van der Waals surface area contributed by atoms with E-state index in [1.807, 2.05) is 40.1 Å². The molecule has 3 aliphatic heterocycles. The minimum absolute atomic E-state index is 0.0933. The predicted octanol–water partition coefficient (Wildman–Crippen LogP) is 2.64. The van der Waals surface area contributed by atoms with Gasteiger partial charge in [0, 0.05) is 31.1 Å². The maximum atomic E-state index is 12.9. The minimum atomic E-state index is 0.0933. The summed E-state index contributed by atoms with van der Waals surface area (Å²) >= 11 is 1.58. The Morgan fingerprint density at radius 3 is 2.76 bits per heavy atom. The van der Waals surface area contributed by atoms with Gasteiger partial charge < -0.3 is 4.90 Å². The molecule has 0 unspecified atom stereocenters. The van der Waals surface area contributed by atoms with Gasteiger partial charge >= 0.3 is 0 Å². The van der Waals surface area contributed by atoms with Crippen molar-refractivity contribution in [1.82, 2.24) is 14.8 Å². The fraction of sp³-hybridized carbons (Fsp3) is 0.421. The van der Waals surface area contributed by atoms with Crippen molar-refractivity contribution in [1.29, 1.82) is 5.26 Å². The number of nitrogens with zero attached hydrogens (tertiary/aromatic N) is 4. The number of thiazole rings is 1. The summed E-state index contributed by atoms with van der Waals surface area (Å²) in [4.78, 5) is 21.6. The van der Waals surface area contributed by atoms with Gasteiger partial charge in [-0.25, -0.2) is 4.98 Å². The molecule has 5 rings (SSSR count). The Labute approximate surface area is 151 Å². The number of rotatable bonds is 4. The van der Waals surface area contributed by atoms with Crippen molar-refractivity contribution in [3.63, 3.8) is 0 Å². The van der Waals surface area contributed by atoms with Gasteiger partial charge in [0.25, 0.3) is 0 Å². The van der Waals surface area contributed by atoms with Gasteiger partial charge in [-0.1, -0.05) is 12.1 Å². The van der Waals surface area contributed by atoms with E-state index in [2.05, 4.69) is 16.0 Å². The third-order valence-corrected chi connectivity index (χ3v) is 5.81. The third-order valence-electron chi connectivity index (χ3n) is 5.17. The van der Waals surface area contributed by atoms with Crippen LogP contribution >= 0.6 is 11.3 Å². The quantitative estimate of drug-likeness (QED) is 0.849. The maximum Gasteiger partial charge on any atom is 0.227 e. The Morgan fingerprint density at radius 1 is 1.20 bits per heavy atom. The lowest BCUT2D eigenvalue weighted by Gasteiger charge is -2.35. The van der Waals surface area contributed by atoms with Gasteiger partial charge in [-0.05, 0) is 30.5 Å². The highest BCUT2D eigenvalue weighted by Crippen LogP contribution is 2.31. The normalized spacial score (nSPS) is 23.5. The Bertz CT molecular complexity index is 781. The van der Waals surface area contributed by atoms with E-state index < -0.39 is 0 Å². The molecule has 0 radical (unpaired) electrons. The van der Waals surface area contributed by atoms with Crippen LogP contribution in [0.4, 0.5) is 0 Å². The van der Waals surface area contributed by atoms with E-state index in [1.165, 1.54) is 5.56 Å². The van der Waals surface area contributed by atoms with Crippen molar-refractivity contribution in [3.8, 4) is 6.07 Å². The molecule has 25 heavy (non-hydrogen) atoms. The number of hydrogen-bond acceptors (Lipinski definition) is 5. The van der Waals surface area contributed by atoms with Crippen LogP contribution in [-0.4, -0.2) is 39.8 Å². The van der Waals surface area contributed by atoms with E-state index in [0.717, 1.165) is 38.2 Å². The highest BCUT2D eigenvalue weighted by atomic mass is 32.1. The fourth-order valence-corrected chi connectivity index (χ4v) is 4.45. The zero-order valence-electron chi connectivity index (χ0n) is 14.0. The standard InChI is InChI=1S/C19H20N4OS/c20-7-14-1-3-15(4-2-14)8-22-9-16-5-6-18(11-22)23(19(16)24)10-17-12-25-13-21-17/h1-4,12-13,16,18H,5-6,8-11H2/t16-,18+/m0/s1. The van der Waals surface area contributed by atoms with Gasteiger partial charge in [0.1, 0.15) is 0 Å². The Balaban J connectivity index is 1.48.